The molecule has 0 saturated carbocycles. The molecule has 2 fully saturated rings. The lowest BCUT2D eigenvalue weighted by Crippen LogP contribution is -2.53. The van der Waals surface area contributed by atoms with Crippen molar-refractivity contribution in [3.63, 3.8) is 0 Å². The Balaban J connectivity index is 1.26. The van der Waals surface area contributed by atoms with Crippen molar-refractivity contribution in [2.24, 2.45) is 0 Å². The lowest BCUT2D eigenvalue weighted by Gasteiger charge is -2.42. The van der Waals surface area contributed by atoms with Gasteiger partial charge in [-0.15, -0.1) is 5.10 Å². The van der Waals surface area contributed by atoms with Gasteiger partial charge in [0.1, 0.15) is 17.1 Å². The molecule has 50 heavy (non-hydrogen) atoms. The predicted molar refractivity (Wildman–Crippen MR) is 188 cm³/mol. The average Bonchev–Trinajstić information content (AvgIpc) is 3.48. The van der Waals surface area contributed by atoms with Crippen LogP contribution in [0.3, 0.4) is 0 Å². The number of amides is 1. The van der Waals surface area contributed by atoms with Crippen molar-refractivity contribution in [2.45, 2.75) is 78.1 Å². The standard InChI is InChI=1S/C35H37F3N8O3S/c1-7-9-28-40-20(3)29-31(47)41-30(42-46(28)29)24-18-22(11-13-27(24)49-8-2)43-16-14-21(15-17-43)45-33(50)44(32(48)34(45,4)5)23-10-12-26(39-6)25(19-23)35(36,37)38/h10-13,18-19,21H,7-9,14-17H2,1-5H3,(H,41,42,47). The van der Waals surface area contributed by atoms with E-state index >= 15 is 0 Å². The molecule has 0 unspecified atom stereocenters. The molecule has 262 valence electrons. The van der Waals surface area contributed by atoms with E-state index in [4.69, 9.17) is 28.6 Å². The van der Waals surface area contributed by atoms with Gasteiger partial charge in [0.2, 0.25) is 0 Å². The topological polar surface area (TPSA) is 103 Å². The zero-order chi connectivity index (χ0) is 36.1. The number of rotatable bonds is 8. The Labute approximate surface area is 292 Å². The summed E-state index contributed by atoms with van der Waals surface area (Å²) >= 11 is 5.77. The first kappa shape index (κ1) is 34.9. The van der Waals surface area contributed by atoms with Crippen LogP contribution < -0.4 is 20.1 Å². The van der Waals surface area contributed by atoms with Crippen LogP contribution in [0.15, 0.2) is 41.2 Å². The number of hydrogen-bond donors (Lipinski definition) is 1. The molecule has 2 aliphatic rings. The summed E-state index contributed by atoms with van der Waals surface area (Å²) in [6.45, 7) is 17.9. The molecule has 1 N–H and O–H groups in total. The van der Waals surface area contributed by atoms with Crippen LogP contribution >= 0.6 is 12.2 Å². The normalized spacial score (nSPS) is 16.8. The fourth-order valence-electron chi connectivity index (χ4n) is 6.94. The number of imidazole rings is 1. The van der Waals surface area contributed by atoms with Crippen LogP contribution in [0.2, 0.25) is 0 Å². The predicted octanol–water partition coefficient (Wildman–Crippen LogP) is 6.69. The Morgan fingerprint density at radius 2 is 1.80 bits per heavy atom. The second kappa shape index (κ2) is 13.1. The number of piperidine rings is 1. The van der Waals surface area contributed by atoms with Crippen LogP contribution in [0, 0.1) is 13.5 Å². The Morgan fingerprint density at radius 3 is 2.44 bits per heavy atom. The summed E-state index contributed by atoms with van der Waals surface area (Å²) in [5.74, 6) is 1.21. The number of aryl methyl sites for hydroxylation is 2. The first-order valence-corrected chi connectivity index (χ1v) is 16.9. The molecule has 4 heterocycles. The van der Waals surface area contributed by atoms with Crippen molar-refractivity contribution in [2.75, 3.05) is 29.5 Å². The Bertz CT molecular complexity index is 2090. The van der Waals surface area contributed by atoms with E-state index in [1.165, 1.54) is 6.07 Å². The molecule has 0 aliphatic carbocycles. The highest BCUT2D eigenvalue weighted by molar-refractivity contribution is 7.80. The molecule has 2 saturated heterocycles. The number of ether oxygens (including phenoxy) is 1. The van der Waals surface area contributed by atoms with Crippen LogP contribution in [0.4, 0.5) is 30.2 Å². The van der Waals surface area contributed by atoms with Crippen LogP contribution in [0.5, 0.6) is 5.75 Å². The van der Waals surface area contributed by atoms with E-state index in [0.717, 1.165) is 29.1 Å². The van der Waals surface area contributed by atoms with E-state index in [9.17, 15) is 22.8 Å². The van der Waals surface area contributed by atoms with Crippen molar-refractivity contribution in [3.8, 4) is 17.1 Å². The number of alkyl halides is 3. The third kappa shape index (κ3) is 5.95. The number of anilines is 2. The lowest BCUT2D eigenvalue weighted by molar-refractivity contribution is -0.136. The largest absolute Gasteiger partial charge is 0.493 e. The van der Waals surface area contributed by atoms with Crippen molar-refractivity contribution in [1.82, 2.24) is 24.5 Å². The van der Waals surface area contributed by atoms with E-state index in [1.54, 1.807) is 25.3 Å². The number of thiocarbonyl (C=S) groups is 1. The van der Waals surface area contributed by atoms with Crippen LogP contribution in [-0.4, -0.2) is 66.8 Å². The van der Waals surface area contributed by atoms with Gasteiger partial charge < -0.3 is 19.5 Å². The van der Waals surface area contributed by atoms with Gasteiger partial charge in [0, 0.05) is 36.9 Å². The van der Waals surface area contributed by atoms with Gasteiger partial charge in [0.25, 0.3) is 11.5 Å². The molecule has 11 nitrogen and oxygen atoms in total. The molecule has 0 atom stereocenters. The molecule has 0 spiro atoms. The van der Waals surface area contributed by atoms with Crippen molar-refractivity contribution < 1.29 is 22.7 Å². The highest BCUT2D eigenvalue weighted by Crippen LogP contribution is 2.42. The summed E-state index contributed by atoms with van der Waals surface area (Å²) in [4.78, 5) is 42.6. The van der Waals surface area contributed by atoms with E-state index < -0.39 is 28.9 Å². The highest BCUT2D eigenvalue weighted by Gasteiger charge is 2.52. The molecule has 6 rings (SSSR count). The third-order valence-corrected chi connectivity index (χ3v) is 9.70. The number of benzene rings is 2. The molecular formula is C35H37F3N8O3S. The Hall–Kier alpha value is -4.97. The quantitative estimate of drug-likeness (QED) is 0.160. The summed E-state index contributed by atoms with van der Waals surface area (Å²) in [7, 11) is 0. The molecule has 2 aliphatic heterocycles. The molecule has 2 aromatic carbocycles. The summed E-state index contributed by atoms with van der Waals surface area (Å²) in [5, 5.41) is 4.93. The maximum absolute atomic E-state index is 13.8. The molecule has 2 aromatic heterocycles. The number of carbonyl (C=O) groups excluding carboxylic acids is 1. The van der Waals surface area contributed by atoms with E-state index in [0.29, 0.717) is 73.1 Å². The zero-order valence-corrected chi connectivity index (χ0v) is 29.2. The number of aromatic amines is 1. The zero-order valence-electron chi connectivity index (χ0n) is 28.4. The Kier molecular flexibility index (Phi) is 9.10. The van der Waals surface area contributed by atoms with Crippen LogP contribution in [0.25, 0.3) is 21.7 Å². The number of H-pyrrole nitrogens is 1. The second-order valence-corrected chi connectivity index (χ2v) is 13.3. The van der Waals surface area contributed by atoms with E-state index in [-0.39, 0.29) is 22.4 Å². The van der Waals surface area contributed by atoms with Gasteiger partial charge in [-0.3, -0.25) is 14.5 Å². The minimum atomic E-state index is -4.77. The van der Waals surface area contributed by atoms with E-state index in [2.05, 4.69) is 19.7 Å². The molecule has 0 radical (unpaired) electrons. The number of hydrogen-bond acceptors (Lipinski definition) is 7. The summed E-state index contributed by atoms with van der Waals surface area (Å²) in [6, 6.07) is 8.83. The van der Waals surface area contributed by atoms with Gasteiger partial charge >= 0.3 is 6.18 Å². The summed E-state index contributed by atoms with van der Waals surface area (Å²) < 4.78 is 48.9. The Morgan fingerprint density at radius 1 is 1.10 bits per heavy atom. The van der Waals surface area contributed by atoms with Crippen LogP contribution in [0.1, 0.15) is 64.0 Å². The monoisotopic (exact) mass is 706 g/mol. The van der Waals surface area contributed by atoms with Gasteiger partial charge in [0.05, 0.1) is 30.0 Å². The van der Waals surface area contributed by atoms with Crippen LogP contribution in [-0.2, 0) is 17.4 Å². The number of halogens is 3. The van der Waals surface area contributed by atoms with Gasteiger partial charge in [-0.05, 0) is 89.5 Å². The minimum absolute atomic E-state index is 0.0211. The summed E-state index contributed by atoms with van der Waals surface area (Å²) in [6.07, 6.45) is -2.01. The van der Waals surface area contributed by atoms with Crippen molar-refractivity contribution in [3.05, 3.63) is 75.3 Å². The SMILES string of the molecule is [C-]#[N+]c1ccc(N2C(=O)C(C)(C)N(C3CCN(c4ccc(OCC)c(-c5nn6c(CCC)nc(C)c6c(=O)[nH]5)c4)CC3)C2=S)cc1C(F)(F)F. The number of aromatic nitrogens is 4. The highest BCUT2D eigenvalue weighted by atomic mass is 32.1. The first-order chi connectivity index (χ1) is 23.7. The maximum atomic E-state index is 13.8. The third-order valence-electron chi connectivity index (χ3n) is 9.32. The smallest absolute Gasteiger partial charge is 0.407 e. The minimum Gasteiger partial charge on any atom is -0.493 e. The molecule has 15 heteroatoms. The van der Waals surface area contributed by atoms with Crippen molar-refractivity contribution in [1.29, 1.82) is 0 Å². The maximum Gasteiger partial charge on any atom is 0.407 e. The fraction of sp³-hybridized carbons (Fsp3) is 0.429. The number of nitrogens with one attached hydrogen (secondary N) is 1. The fourth-order valence-corrected chi connectivity index (χ4v) is 7.51. The molecule has 1 amide bonds. The first-order valence-electron chi connectivity index (χ1n) is 16.5. The van der Waals surface area contributed by atoms with Crippen molar-refractivity contribution >= 4 is 45.8 Å². The second-order valence-electron chi connectivity index (χ2n) is 12.9. The van der Waals surface area contributed by atoms with E-state index in [1.807, 2.05) is 36.9 Å². The number of carbonyl (C=O) groups is 1. The number of nitrogens with zero attached hydrogens (tertiary/aromatic N) is 7. The number of fused-ring (bicyclic) bond motifs is 1. The molecule has 4 aromatic rings. The molecule has 0 bridgehead atoms. The van der Waals surface area contributed by atoms with Gasteiger partial charge in [-0.2, -0.15) is 13.2 Å². The summed E-state index contributed by atoms with van der Waals surface area (Å²) in [5.41, 5.74) is -0.523. The van der Waals surface area contributed by atoms with Gasteiger partial charge in [0.15, 0.2) is 22.1 Å². The average molecular weight is 707 g/mol. The van der Waals surface area contributed by atoms with Gasteiger partial charge in [-0.25, -0.2) is 14.3 Å². The van der Waals surface area contributed by atoms with Gasteiger partial charge in [-0.1, -0.05) is 13.0 Å². The molecular weight excluding hydrogens is 669 g/mol. The lowest BCUT2D eigenvalue weighted by atomic mass is 9.96.